The van der Waals surface area contributed by atoms with E-state index < -0.39 is 0 Å². The van der Waals surface area contributed by atoms with E-state index in [0.29, 0.717) is 11.7 Å². The number of nitrogens with one attached hydrogen (secondary N) is 1. The van der Waals surface area contributed by atoms with Crippen LogP contribution in [0.25, 0.3) is 0 Å². The predicted molar refractivity (Wildman–Crippen MR) is 67.7 cm³/mol. The van der Waals surface area contributed by atoms with E-state index >= 15 is 0 Å². The van der Waals surface area contributed by atoms with Crippen LogP contribution in [0.15, 0.2) is 21.3 Å². The molecule has 90 valence electrons. The van der Waals surface area contributed by atoms with Gasteiger partial charge < -0.3 is 9.73 Å². The Morgan fingerprint density at radius 2 is 2.12 bits per heavy atom. The normalized spacial score (nSPS) is 12.5. The van der Waals surface area contributed by atoms with Crippen LogP contribution in [-0.4, -0.2) is 15.0 Å². The minimum absolute atomic E-state index is 0.0371. The standard InChI is InChI=1S/C11H13BrN4O/c1-6-5-13-11(17-6)7(2)14-10-4-9(12)15-8(3)16-10/h4-5,7H,1-3H3,(H,14,15,16). The van der Waals surface area contributed by atoms with Gasteiger partial charge in [-0.2, -0.15) is 0 Å². The van der Waals surface area contributed by atoms with Gasteiger partial charge in [-0.25, -0.2) is 15.0 Å². The maximum absolute atomic E-state index is 5.45. The molecule has 2 aromatic heterocycles. The van der Waals surface area contributed by atoms with E-state index in [1.165, 1.54) is 0 Å². The number of anilines is 1. The molecule has 0 radical (unpaired) electrons. The molecular formula is C11H13BrN4O. The molecule has 1 atom stereocenters. The summed E-state index contributed by atoms with van der Waals surface area (Å²) in [4.78, 5) is 12.6. The number of halogens is 1. The molecule has 0 fully saturated rings. The third kappa shape index (κ3) is 3.03. The number of nitrogens with zero attached hydrogens (tertiary/aromatic N) is 3. The third-order valence-electron chi connectivity index (χ3n) is 2.18. The second-order valence-corrected chi connectivity index (χ2v) is 4.61. The molecule has 0 aromatic carbocycles. The molecule has 0 bridgehead atoms. The minimum Gasteiger partial charge on any atom is -0.444 e. The van der Waals surface area contributed by atoms with Gasteiger partial charge in [0.1, 0.15) is 28.0 Å². The molecule has 0 saturated heterocycles. The van der Waals surface area contributed by atoms with E-state index in [1.807, 2.05) is 26.8 Å². The van der Waals surface area contributed by atoms with E-state index in [0.717, 1.165) is 16.2 Å². The zero-order valence-electron chi connectivity index (χ0n) is 9.86. The van der Waals surface area contributed by atoms with Crippen molar-refractivity contribution in [1.29, 1.82) is 0 Å². The quantitative estimate of drug-likeness (QED) is 0.882. The van der Waals surface area contributed by atoms with E-state index in [4.69, 9.17) is 4.42 Å². The molecule has 5 nitrogen and oxygen atoms in total. The van der Waals surface area contributed by atoms with Gasteiger partial charge >= 0.3 is 0 Å². The van der Waals surface area contributed by atoms with E-state index in [9.17, 15) is 0 Å². The highest BCUT2D eigenvalue weighted by atomic mass is 79.9. The van der Waals surface area contributed by atoms with Crippen molar-refractivity contribution in [2.75, 3.05) is 5.32 Å². The fraction of sp³-hybridized carbons (Fsp3) is 0.364. The Balaban J connectivity index is 2.15. The third-order valence-corrected chi connectivity index (χ3v) is 2.59. The second kappa shape index (κ2) is 4.83. The average molecular weight is 297 g/mol. The minimum atomic E-state index is -0.0371. The summed E-state index contributed by atoms with van der Waals surface area (Å²) in [6, 6.07) is 1.78. The van der Waals surface area contributed by atoms with E-state index in [1.54, 1.807) is 6.20 Å². The van der Waals surface area contributed by atoms with E-state index in [-0.39, 0.29) is 6.04 Å². The largest absolute Gasteiger partial charge is 0.444 e. The number of rotatable bonds is 3. The first-order valence-electron chi connectivity index (χ1n) is 5.24. The van der Waals surface area contributed by atoms with Crippen molar-refractivity contribution in [3.63, 3.8) is 0 Å². The van der Waals surface area contributed by atoms with Crippen LogP contribution in [0, 0.1) is 13.8 Å². The van der Waals surface area contributed by atoms with Crippen LogP contribution in [0.4, 0.5) is 5.82 Å². The Morgan fingerprint density at radius 1 is 1.35 bits per heavy atom. The molecular weight excluding hydrogens is 284 g/mol. The summed E-state index contributed by atoms with van der Waals surface area (Å²) >= 11 is 3.33. The lowest BCUT2D eigenvalue weighted by atomic mass is 10.3. The molecule has 1 N–H and O–H groups in total. The first kappa shape index (κ1) is 12.0. The van der Waals surface area contributed by atoms with Gasteiger partial charge in [0.15, 0.2) is 0 Å². The first-order chi connectivity index (χ1) is 8.04. The molecule has 2 heterocycles. The van der Waals surface area contributed by atoms with Gasteiger partial charge in [0.25, 0.3) is 0 Å². The van der Waals surface area contributed by atoms with Crippen molar-refractivity contribution >= 4 is 21.7 Å². The molecule has 2 aromatic rings. The molecule has 0 aliphatic rings. The fourth-order valence-corrected chi connectivity index (χ4v) is 1.93. The Morgan fingerprint density at radius 3 is 2.71 bits per heavy atom. The predicted octanol–water partition coefficient (Wildman–Crippen LogP) is 3.02. The van der Waals surface area contributed by atoms with E-state index in [2.05, 4.69) is 36.2 Å². The molecule has 1 unspecified atom stereocenters. The Kier molecular flexibility index (Phi) is 3.42. The average Bonchev–Trinajstić information content (AvgIpc) is 2.63. The summed E-state index contributed by atoms with van der Waals surface area (Å²) in [5.41, 5.74) is 0. The van der Waals surface area contributed by atoms with Gasteiger partial charge in [-0.1, -0.05) is 0 Å². The van der Waals surface area contributed by atoms with Crippen molar-refractivity contribution in [3.8, 4) is 0 Å². The van der Waals surface area contributed by atoms with Gasteiger partial charge in [0.2, 0.25) is 5.89 Å². The van der Waals surface area contributed by atoms with Crippen molar-refractivity contribution < 1.29 is 4.42 Å². The second-order valence-electron chi connectivity index (χ2n) is 3.80. The lowest BCUT2D eigenvalue weighted by molar-refractivity contribution is 0.453. The maximum atomic E-state index is 5.45. The van der Waals surface area contributed by atoms with Crippen LogP contribution in [0.1, 0.15) is 30.4 Å². The summed E-state index contributed by atoms with van der Waals surface area (Å²) in [5, 5.41) is 3.22. The van der Waals surface area contributed by atoms with Crippen LogP contribution in [0.2, 0.25) is 0 Å². The fourth-order valence-electron chi connectivity index (χ4n) is 1.46. The number of aromatic nitrogens is 3. The monoisotopic (exact) mass is 296 g/mol. The van der Waals surface area contributed by atoms with Gasteiger partial charge in [-0.3, -0.25) is 0 Å². The summed E-state index contributed by atoms with van der Waals surface area (Å²) in [7, 11) is 0. The lowest BCUT2D eigenvalue weighted by Gasteiger charge is -2.11. The van der Waals surface area contributed by atoms with Crippen molar-refractivity contribution in [1.82, 2.24) is 15.0 Å². The molecule has 6 heteroatoms. The smallest absolute Gasteiger partial charge is 0.216 e. The Bertz CT molecular complexity index is 506. The Hall–Kier alpha value is -1.43. The summed E-state index contributed by atoms with van der Waals surface area (Å²) in [6.45, 7) is 5.68. The molecule has 0 aliphatic heterocycles. The van der Waals surface area contributed by atoms with Crippen LogP contribution >= 0.6 is 15.9 Å². The van der Waals surface area contributed by atoms with Gasteiger partial charge in [-0.15, -0.1) is 0 Å². The van der Waals surface area contributed by atoms with Crippen molar-refractivity contribution in [3.05, 3.63) is 34.3 Å². The Labute approximate surface area is 108 Å². The number of oxazole rings is 1. The van der Waals surface area contributed by atoms with Crippen molar-refractivity contribution in [2.45, 2.75) is 26.8 Å². The summed E-state index contributed by atoms with van der Waals surface area (Å²) in [6.07, 6.45) is 1.70. The molecule has 2 rings (SSSR count). The lowest BCUT2D eigenvalue weighted by Crippen LogP contribution is -2.09. The SMILES string of the molecule is Cc1nc(Br)cc(NC(C)c2ncc(C)o2)n1. The zero-order valence-corrected chi connectivity index (χ0v) is 11.4. The summed E-state index contributed by atoms with van der Waals surface area (Å²) in [5.74, 6) is 2.90. The molecule has 0 amide bonds. The number of hydrogen-bond acceptors (Lipinski definition) is 5. The van der Waals surface area contributed by atoms with Gasteiger partial charge in [-0.05, 0) is 36.7 Å². The van der Waals surface area contributed by atoms with Crippen LogP contribution < -0.4 is 5.32 Å². The van der Waals surface area contributed by atoms with Crippen LogP contribution in [-0.2, 0) is 0 Å². The topological polar surface area (TPSA) is 63.8 Å². The highest BCUT2D eigenvalue weighted by Crippen LogP contribution is 2.19. The molecule has 0 aliphatic carbocycles. The first-order valence-corrected chi connectivity index (χ1v) is 6.04. The number of aryl methyl sites for hydroxylation is 2. The van der Waals surface area contributed by atoms with Gasteiger partial charge in [0, 0.05) is 6.07 Å². The van der Waals surface area contributed by atoms with Crippen molar-refractivity contribution in [2.24, 2.45) is 0 Å². The number of hydrogen-bond donors (Lipinski definition) is 1. The highest BCUT2D eigenvalue weighted by molar-refractivity contribution is 9.10. The zero-order chi connectivity index (χ0) is 12.4. The highest BCUT2D eigenvalue weighted by Gasteiger charge is 2.12. The molecule has 0 saturated carbocycles. The maximum Gasteiger partial charge on any atom is 0.216 e. The van der Waals surface area contributed by atoms with Crippen LogP contribution in [0.5, 0.6) is 0 Å². The molecule has 17 heavy (non-hydrogen) atoms. The summed E-state index contributed by atoms with van der Waals surface area (Å²) < 4.78 is 6.20. The van der Waals surface area contributed by atoms with Gasteiger partial charge in [0.05, 0.1) is 6.20 Å². The molecule has 0 spiro atoms. The van der Waals surface area contributed by atoms with Crippen LogP contribution in [0.3, 0.4) is 0 Å².